The summed E-state index contributed by atoms with van der Waals surface area (Å²) >= 11 is 0. The van der Waals surface area contributed by atoms with Crippen LogP contribution in [-0.2, 0) is 0 Å². The summed E-state index contributed by atoms with van der Waals surface area (Å²) in [7, 11) is 0. The molecule has 13 heavy (non-hydrogen) atoms. The number of nitrogens with one attached hydrogen (secondary N) is 1. The van der Waals surface area contributed by atoms with E-state index in [-0.39, 0.29) is 12.0 Å². The second-order valence-electron chi connectivity index (χ2n) is 4.20. The molecule has 0 aliphatic carbocycles. The SMILES string of the molecule is C#CCC(C)NCC(C)(O)C(C)C. The Hall–Kier alpha value is -0.520. The molecule has 2 nitrogen and oxygen atoms in total. The molecule has 0 aromatic carbocycles. The summed E-state index contributed by atoms with van der Waals surface area (Å²) in [5.41, 5.74) is -0.650. The maximum Gasteiger partial charge on any atom is 0.0766 e. The van der Waals surface area contributed by atoms with Crippen LogP contribution in [-0.4, -0.2) is 23.3 Å². The molecule has 2 heteroatoms. The summed E-state index contributed by atoms with van der Waals surface area (Å²) in [5.74, 6) is 2.84. The fourth-order valence-electron chi connectivity index (χ4n) is 0.834. The highest BCUT2D eigenvalue weighted by Gasteiger charge is 2.24. The minimum atomic E-state index is -0.650. The molecule has 76 valence electrons. The zero-order valence-electron chi connectivity index (χ0n) is 9.09. The third-order valence-electron chi connectivity index (χ3n) is 2.48. The molecule has 0 aromatic heterocycles. The monoisotopic (exact) mass is 183 g/mol. The molecule has 2 unspecified atom stereocenters. The molecule has 0 aliphatic heterocycles. The average Bonchev–Trinajstić information content (AvgIpc) is 2.01. The third kappa shape index (κ3) is 4.92. The lowest BCUT2D eigenvalue weighted by atomic mass is 9.92. The maximum absolute atomic E-state index is 9.89. The van der Waals surface area contributed by atoms with E-state index in [9.17, 15) is 5.11 Å². The summed E-state index contributed by atoms with van der Waals surface area (Å²) in [6.45, 7) is 8.47. The minimum absolute atomic E-state index is 0.248. The first-order chi connectivity index (χ1) is 5.90. The minimum Gasteiger partial charge on any atom is -0.389 e. The summed E-state index contributed by atoms with van der Waals surface area (Å²) in [6.07, 6.45) is 5.88. The Morgan fingerprint density at radius 2 is 2.00 bits per heavy atom. The van der Waals surface area contributed by atoms with Crippen molar-refractivity contribution in [2.75, 3.05) is 6.54 Å². The van der Waals surface area contributed by atoms with E-state index in [0.717, 1.165) is 0 Å². The van der Waals surface area contributed by atoms with Crippen LogP contribution in [0.4, 0.5) is 0 Å². The number of rotatable bonds is 5. The first-order valence-corrected chi connectivity index (χ1v) is 4.79. The van der Waals surface area contributed by atoms with E-state index in [2.05, 4.69) is 11.2 Å². The van der Waals surface area contributed by atoms with Gasteiger partial charge in [0.25, 0.3) is 0 Å². The van der Waals surface area contributed by atoms with Crippen molar-refractivity contribution >= 4 is 0 Å². The van der Waals surface area contributed by atoms with Gasteiger partial charge in [-0.1, -0.05) is 13.8 Å². The predicted molar refractivity (Wildman–Crippen MR) is 56.4 cm³/mol. The Kier molecular flexibility index (Phi) is 5.05. The van der Waals surface area contributed by atoms with Crippen LogP contribution >= 0.6 is 0 Å². The Bertz CT molecular complexity index is 179. The van der Waals surface area contributed by atoms with Crippen molar-refractivity contribution in [3.63, 3.8) is 0 Å². The van der Waals surface area contributed by atoms with E-state index >= 15 is 0 Å². The topological polar surface area (TPSA) is 32.3 Å². The van der Waals surface area contributed by atoms with Gasteiger partial charge in [0.2, 0.25) is 0 Å². The summed E-state index contributed by atoms with van der Waals surface area (Å²) in [4.78, 5) is 0. The maximum atomic E-state index is 9.89. The largest absolute Gasteiger partial charge is 0.389 e. The van der Waals surface area contributed by atoms with Crippen molar-refractivity contribution in [2.24, 2.45) is 5.92 Å². The van der Waals surface area contributed by atoms with Gasteiger partial charge in [0.1, 0.15) is 0 Å². The summed E-state index contributed by atoms with van der Waals surface area (Å²) in [6, 6.07) is 0.273. The fraction of sp³-hybridized carbons (Fsp3) is 0.818. The normalized spacial score (nSPS) is 17.9. The van der Waals surface area contributed by atoms with Crippen LogP contribution in [0.5, 0.6) is 0 Å². The van der Waals surface area contributed by atoms with Crippen LogP contribution in [0.2, 0.25) is 0 Å². The van der Waals surface area contributed by atoms with Crippen molar-refractivity contribution in [1.82, 2.24) is 5.32 Å². The molecule has 2 N–H and O–H groups in total. The molecule has 0 radical (unpaired) electrons. The molecule has 0 amide bonds. The van der Waals surface area contributed by atoms with Gasteiger partial charge in [-0.2, -0.15) is 0 Å². The van der Waals surface area contributed by atoms with Crippen molar-refractivity contribution in [3.05, 3.63) is 0 Å². The highest BCUT2D eigenvalue weighted by Crippen LogP contribution is 2.14. The van der Waals surface area contributed by atoms with Crippen LogP contribution in [0, 0.1) is 18.3 Å². The van der Waals surface area contributed by atoms with Gasteiger partial charge in [0.05, 0.1) is 5.60 Å². The number of hydrogen-bond acceptors (Lipinski definition) is 2. The van der Waals surface area contributed by atoms with E-state index in [1.165, 1.54) is 0 Å². The number of aliphatic hydroxyl groups is 1. The zero-order chi connectivity index (χ0) is 10.5. The molecule has 0 saturated heterocycles. The van der Waals surface area contributed by atoms with E-state index in [1.54, 1.807) is 0 Å². The van der Waals surface area contributed by atoms with Crippen LogP contribution in [0.3, 0.4) is 0 Å². The van der Waals surface area contributed by atoms with E-state index in [4.69, 9.17) is 6.42 Å². The van der Waals surface area contributed by atoms with Crippen LogP contribution in [0.1, 0.15) is 34.1 Å². The molecule has 0 heterocycles. The molecular formula is C11H21NO. The lowest BCUT2D eigenvalue weighted by Crippen LogP contribution is -2.44. The standard InChI is InChI=1S/C11H21NO/c1-6-7-10(4)12-8-11(5,13)9(2)3/h1,9-10,12-13H,7-8H2,2-5H3. The smallest absolute Gasteiger partial charge is 0.0766 e. The second-order valence-corrected chi connectivity index (χ2v) is 4.20. The zero-order valence-corrected chi connectivity index (χ0v) is 9.09. The average molecular weight is 183 g/mol. The van der Waals surface area contributed by atoms with Crippen LogP contribution < -0.4 is 5.32 Å². The first kappa shape index (κ1) is 12.5. The predicted octanol–water partition coefficient (Wildman–Crippen LogP) is 1.39. The van der Waals surface area contributed by atoms with Gasteiger partial charge in [-0.3, -0.25) is 0 Å². The lowest BCUT2D eigenvalue weighted by Gasteiger charge is -2.29. The number of hydrogen-bond donors (Lipinski definition) is 2. The van der Waals surface area contributed by atoms with Gasteiger partial charge in [0, 0.05) is 19.0 Å². The highest BCUT2D eigenvalue weighted by atomic mass is 16.3. The van der Waals surface area contributed by atoms with Gasteiger partial charge in [-0.05, 0) is 19.8 Å². The molecule has 2 atom stereocenters. The van der Waals surface area contributed by atoms with Crippen LogP contribution in [0.25, 0.3) is 0 Å². The molecule has 0 fully saturated rings. The van der Waals surface area contributed by atoms with Gasteiger partial charge in [-0.15, -0.1) is 12.3 Å². The van der Waals surface area contributed by atoms with Crippen molar-refractivity contribution in [2.45, 2.75) is 45.8 Å². The Balaban J connectivity index is 3.82. The molecule has 0 bridgehead atoms. The Morgan fingerprint density at radius 1 is 1.46 bits per heavy atom. The van der Waals surface area contributed by atoms with Gasteiger partial charge < -0.3 is 10.4 Å². The second kappa shape index (κ2) is 5.26. The highest BCUT2D eigenvalue weighted by molar-refractivity contribution is 4.89. The lowest BCUT2D eigenvalue weighted by molar-refractivity contribution is 0.0123. The van der Waals surface area contributed by atoms with Crippen molar-refractivity contribution in [3.8, 4) is 12.3 Å². The van der Waals surface area contributed by atoms with Crippen molar-refractivity contribution < 1.29 is 5.11 Å². The Labute approximate surface area is 81.7 Å². The van der Waals surface area contributed by atoms with Gasteiger partial charge in [-0.25, -0.2) is 0 Å². The quantitative estimate of drug-likeness (QED) is 0.631. The van der Waals surface area contributed by atoms with Crippen molar-refractivity contribution in [1.29, 1.82) is 0 Å². The van der Waals surface area contributed by atoms with Gasteiger partial charge in [0.15, 0.2) is 0 Å². The molecule has 0 aromatic rings. The van der Waals surface area contributed by atoms with Crippen LogP contribution in [0.15, 0.2) is 0 Å². The van der Waals surface area contributed by atoms with Gasteiger partial charge >= 0.3 is 0 Å². The molecule has 0 aliphatic rings. The molecular weight excluding hydrogens is 162 g/mol. The molecule has 0 saturated carbocycles. The Morgan fingerprint density at radius 3 is 2.38 bits per heavy atom. The number of terminal acetylenes is 1. The molecule has 0 spiro atoms. The van der Waals surface area contributed by atoms with E-state index in [0.29, 0.717) is 13.0 Å². The molecule has 0 rings (SSSR count). The fourth-order valence-corrected chi connectivity index (χ4v) is 0.834. The third-order valence-corrected chi connectivity index (χ3v) is 2.48. The first-order valence-electron chi connectivity index (χ1n) is 4.79. The van der Waals surface area contributed by atoms with E-state index in [1.807, 2.05) is 27.7 Å². The summed E-state index contributed by atoms with van der Waals surface area (Å²) in [5, 5.41) is 13.1. The summed E-state index contributed by atoms with van der Waals surface area (Å²) < 4.78 is 0. The van der Waals surface area contributed by atoms with E-state index < -0.39 is 5.60 Å².